The summed E-state index contributed by atoms with van der Waals surface area (Å²) >= 11 is 0. The number of benzene rings is 2. The van der Waals surface area contributed by atoms with Gasteiger partial charge in [0.2, 0.25) is 5.95 Å². The molecule has 3 rings (SSSR count). The monoisotopic (exact) mass is 392 g/mol. The molecule has 2 aromatic carbocycles. The number of rotatable bonds is 7. The van der Waals surface area contributed by atoms with E-state index < -0.39 is 0 Å². The predicted molar refractivity (Wildman–Crippen MR) is 113 cm³/mol. The highest BCUT2D eigenvalue weighted by molar-refractivity contribution is 5.92. The van der Waals surface area contributed by atoms with Crippen LogP contribution in [0.3, 0.4) is 0 Å². The van der Waals surface area contributed by atoms with Crippen LogP contribution in [0.5, 0.6) is 0 Å². The third kappa shape index (κ3) is 5.16. The lowest BCUT2D eigenvalue weighted by Gasteiger charge is -2.16. The van der Waals surface area contributed by atoms with Crippen molar-refractivity contribution in [3.8, 4) is 0 Å². The van der Waals surface area contributed by atoms with Gasteiger partial charge in [-0.3, -0.25) is 4.79 Å². The van der Waals surface area contributed by atoms with Crippen LogP contribution < -0.4 is 10.6 Å². The number of hydrogen-bond donors (Lipinski definition) is 2. The van der Waals surface area contributed by atoms with E-state index >= 15 is 0 Å². The largest absolute Gasteiger partial charge is 0.350 e. The van der Waals surface area contributed by atoms with Crippen LogP contribution >= 0.6 is 0 Å². The molecule has 2 N–H and O–H groups in total. The van der Waals surface area contributed by atoms with Crippen molar-refractivity contribution in [1.82, 2.24) is 15.3 Å². The van der Waals surface area contributed by atoms with Crippen molar-refractivity contribution in [3.63, 3.8) is 0 Å². The number of para-hydroxylation sites is 1. The second kappa shape index (κ2) is 9.28. The molecule has 0 bridgehead atoms. The number of nitrogens with zero attached hydrogens (tertiary/aromatic N) is 2. The Morgan fingerprint density at radius 1 is 1.10 bits per heavy atom. The fraction of sp³-hybridized carbons (Fsp3) is 0.261. The summed E-state index contributed by atoms with van der Waals surface area (Å²) in [5, 5.41) is 6.04. The molecule has 0 aliphatic rings. The lowest BCUT2D eigenvalue weighted by atomic mass is 9.98. The fourth-order valence-corrected chi connectivity index (χ4v) is 3.10. The van der Waals surface area contributed by atoms with Crippen molar-refractivity contribution in [3.05, 3.63) is 82.9 Å². The van der Waals surface area contributed by atoms with Crippen molar-refractivity contribution in [2.45, 2.75) is 33.1 Å². The number of nitrogens with one attached hydrogen (secondary N) is 2. The number of hydrogen-bond acceptors (Lipinski definition) is 4. The number of carbonyl (C=O) groups excluding carboxylic acids is 1. The zero-order valence-corrected chi connectivity index (χ0v) is 16.9. The van der Waals surface area contributed by atoms with Crippen LogP contribution in [0, 0.1) is 12.7 Å². The minimum atomic E-state index is -0.319. The summed E-state index contributed by atoms with van der Waals surface area (Å²) in [7, 11) is 0. The number of aryl methyl sites for hydroxylation is 1. The second-order valence-corrected chi connectivity index (χ2v) is 7.18. The first kappa shape index (κ1) is 20.5. The number of aromatic nitrogens is 2. The molecule has 1 aromatic heterocycles. The summed E-state index contributed by atoms with van der Waals surface area (Å²) in [6, 6.07) is 14.2. The summed E-state index contributed by atoms with van der Waals surface area (Å²) < 4.78 is 13.7. The quantitative estimate of drug-likeness (QED) is 0.608. The molecule has 0 aliphatic heterocycles. The van der Waals surface area contributed by atoms with Gasteiger partial charge >= 0.3 is 0 Å². The van der Waals surface area contributed by atoms with E-state index in [0.29, 0.717) is 30.4 Å². The number of amides is 1. The Morgan fingerprint density at radius 2 is 1.90 bits per heavy atom. The number of anilines is 2. The molecule has 29 heavy (non-hydrogen) atoms. The minimum absolute atomic E-state index is 0.260. The summed E-state index contributed by atoms with van der Waals surface area (Å²) in [5.41, 5.74) is 4.03. The molecule has 5 nitrogen and oxygen atoms in total. The molecule has 0 aliphatic carbocycles. The van der Waals surface area contributed by atoms with E-state index in [4.69, 9.17) is 0 Å². The van der Waals surface area contributed by atoms with E-state index in [1.165, 1.54) is 6.07 Å². The highest BCUT2D eigenvalue weighted by atomic mass is 19.1. The highest BCUT2D eigenvalue weighted by Crippen LogP contribution is 2.29. The van der Waals surface area contributed by atoms with Crippen LogP contribution in [-0.4, -0.2) is 22.4 Å². The van der Waals surface area contributed by atoms with Gasteiger partial charge in [-0.1, -0.05) is 50.2 Å². The minimum Gasteiger partial charge on any atom is -0.350 e. The van der Waals surface area contributed by atoms with E-state index in [9.17, 15) is 9.18 Å². The Bertz CT molecular complexity index is 1000. The van der Waals surface area contributed by atoms with E-state index in [2.05, 4.69) is 40.5 Å². The zero-order valence-electron chi connectivity index (χ0n) is 16.9. The maximum atomic E-state index is 13.7. The Hall–Kier alpha value is -3.28. The van der Waals surface area contributed by atoms with Gasteiger partial charge in [-0.2, -0.15) is 0 Å². The van der Waals surface area contributed by atoms with E-state index in [-0.39, 0.29) is 17.4 Å². The molecule has 0 spiro atoms. The van der Waals surface area contributed by atoms with Gasteiger partial charge in [-0.05, 0) is 48.1 Å². The average molecular weight is 392 g/mol. The molecule has 3 aromatic rings. The molecule has 0 fully saturated rings. The molecule has 1 amide bonds. The van der Waals surface area contributed by atoms with Crippen molar-refractivity contribution >= 4 is 17.5 Å². The van der Waals surface area contributed by atoms with Crippen molar-refractivity contribution in [1.29, 1.82) is 0 Å². The topological polar surface area (TPSA) is 66.9 Å². The van der Waals surface area contributed by atoms with E-state index in [0.717, 1.165) is 16.8 Å². The SMILES string of the molecule is Cc1cccc(C(C)C)c1Nc1nccc(C(=O)NCCc2ccccc2F)n1. The molecule has 0 unspecified atom stereocenters. The highest BCUT2D eigenvalue weighted by Gasteiger charge is 2.13. The first-order valence-corrected chi connectivity index (χ1v) is 9.67. The Labute approximate surface area is 170 Å². The molecule has 1 heterocycles. The van der Waals surface area contributed by atoms with E-state index in [1.54, 1.807) is 30.5 Å². The number of carbonyl (C=O) groups is 1. The van der Waals surface area contributed by atoms with Crippen LogP contribution in [0.1, 0.15) is 46.9 Å². The molecular weight excluding hydrogens is 367 g/mol. The maximum absolute atomic E-state index is 13.7. The molecule has 0 radical (unpaired) electrons. The average Bonchev–Trinajstić information content (AvgIpc) is 2.71. The molecule has 0 saturated heterocycles. The third-order valence-corrected chi connectivity index (χ3v) is 4.69. The second-order valence-electron chi connectivity index (χ2n) is 7.18. The Balaban J connectivity index is 1.68. The summed E-state index contributed by atoms with van der Waals surface area (Å²) in [6.45, 7) is 6.59. The molecule has 0 atom stereocenters. The molecule has 0 saturated carbocycles. The normalized spacial score (nSPS) is 10.8. The van der Waals surface area contributed by atoms with Gasteiger partial charge in [0.25, 0.3) is 5.91 Å². The Kier molecular flexibility index (Phi) is 6.54. The van der Waals surface area contributed by atoms with Gasteiger partial charge in [0.15, 0.2) is 0 Å². The van der Waals surface area contributed by atoms with Crippen molar-refractivity contribution in [2.75, 3.05) is 11.9 Å². The first-order valence-electron chi connectivity index (χ1n) is 9.67. The van der Waals surface area contributed by atoms with Crippen LogP contribution in [0.4, 0.5) is 16.0 Å². The number of halogens is 1. The van der Waals surface area contributed by atoms with Crippen molar-refractivity contribution < 1.29 is 9.18 Å². The lowest BCUT2D eigenvalue weighted by molar-refractivity contribution is 0.0949. The third-order valence-electron chi connectivity index (χ3n) is 4.69. The van der Waals surface area contributed by atoms with Gasteiger partial charge in [-0.15, -0.1) is 0 Å². The molecule has 150 valence electrons. The van der Waals surface area contributed by atoms with Gasteiger partial charge in [-0.25, -0.2) is 14.4 Å². The van der Waals surface area contributed by atoms with E-state index in [1.807, 2.05) is 19.1 Å². The predicted octanol–water partition coefficient (Wildman–Crippen LogP) is 4.76. The molecule has 6 heteroatoms. The van der Waals surface area contributed by atoms with Gasteiger partial charge in [0.1, 0.15) is 11.5 Å². The summed E-state index contributed by atoms with van der Waals surface area (Å²) in [5.74, 6) is 0.111. The zero-order chi connectivity index (χ0) is 20.8. The van der Waals surface area contributed by atoms with Gasteiger partial charge < -0.3 is 10.6 Å². The van der Waals surface area contributed by atoms with Crippen LogP contribution in [-0.2, 0) is 6.42 Å². The summed E-state index contributed by atoms with van der Waals surface area (Å²) in [6.07, 6.45) is 1.96. The van der Waals surface area contributed by atoms with Gasteiger partial charge in [0.05, 0.1) is 0 Å². The smallest absolute Gasteiger partial charge is 0.270 e. The standard InChI is InChI=1S/C23H25FN4O/c1-15(2)18-9-6-7-16(3)21(18)28-23-26-14-12-20(27-23)22(29)25-13-11-17-8-4-5-10-19(17)24/h4-10,12,14-15H,11,13H2,1-3H3,(H,25,29)(H,26,27,28). The van der Waals surface area contributed by atoms with Crippen molar-refractivity contribution in [2.24, 2.45) is 0 Å². The lowest BCUT2D eigenvalue weighted by Crippen LogP contribution is -2.27. The van der Waals surface area contributed by atoms with Crippen LogP contribution in [0.25, 0.3) is 0 Å². The van der Waals surface area contributed by atoms with Crippen LogP contribution in [0.15, 0.2) is 54.7 Å². The first-order chi connectivity index (χ1) is 14.0. The fourth-order valence-electron chi connectivity index (χ4n) is 3.10. The van der Waals surface area contributed by atoms with Gasteiger partial charge in [0, 0.05) is 18.4 Å². The maximum Gasteiger partial charge on any atom is 0.270 e. The summed E-state index contributed by atoms with van der Waals surface area (Å²) in [4.78, 5) is 21.0. The Morgan fingerprint density at radius 3 is 2.66 bits per heavy atom. The molecular formula is C23H25FN4O. The van der Waals surface area contributed by atoms with Crippen LogP contribution in [0.2, 0.25) is 0 Å².